The van der Waals surface area contributed by atoms with Gasteiger partial charge in [0.15, 0.2) is 0 Å². The molecule has 4 rings (SSSR count). The van der Waals surface area contributed by atoms with E-state index in [1.165, 1.54) is 24.5 Å². The molecule has 1 saturated carbocycles. The van der Waals surface area contributed by atoms with Crippen LogP contribution in [-0.2, 0) is 0 Å². The molecular weight excluding hydrogens is 463 g/mol. The van der Waals surface area contributed by atoms with Gasteiger partial charge in [0.2, 0.25) is 5.95 Å². The molecule has 2 heterocycles. The van der Waals surface area contributed by atoms with Crippen molar-refractivity contribution in [2.75, 3.05) is 5.32 Å². The second kappa shape index (κ2) is 9.46. The van der Waals surface area contributed by atoms with Gasteiger partial charge in [-0.1, -0.05) is 30.1 Å². The maximum absolute atomic E-state index is 13.0. The van der Waals surface area contributed by atoms with E-state index in [0.29, 0.717) is 22.6 Å². The molecule has 0 unspecified atom stereocenters. The lowest BCUT2D eigenvalue weighted by atomic mass is 9.87. The normalized spacial score (nSPS) is 18.7. The van der Waals surface area contributed by atoms with Crippen molar-refractivity contribution in [3.8, 4) is 5.75 Å². The number of carbonyl (C=O) groups excluding carboxylic acids is 1. The number of imidazole rings is 1. The third kappa shape index (κ3) is 5.05. The Kier molecular flexibility index (Phi) is 6.66. The van der Waals surface area contributed by atoms with E-state index in [1.54, 1.807) is 0 Å². The van der Waals surface area contributed by atoms with E-state index in [-0.39, 0.29) is 33.3 Å². The molecule has 3 N–H and O–H groups in total. The molecule has 170 valence electrons. The molecule has 2 aromatic heterocycles. The van der Waals surface area contributed by atoms with Crippen molar-refractivity contribution in [3.63, 3.8) is 0 Å². The number of pyridine rings is 1. The maximum Gasteiger partial charge on any atom is 0.387 e. The molecule has 0 radical (unpaired) electrons. The van der Waals surface area contributed by atoms with Gasteiger partial charge >= 0.3 is 6.61 Å². The number of aromatic amines is 1. The summed E-state index contributed by atoms with van der Waals surface area (Å²) in [6.45, 7) is -0.903. The first-order valence-corrected chi connectivity index (χ1v) is 10.9. The molecule has 0 bridgehead atoms. The van der Waals surface area contributed by atoms with E-state index in [2.05, 4.69) is 37.2 Å². The van der Waals surface area contributed by atoms with Crippen molar-refractivity contribution in [1.29, 1.82) is 0 Å². The van der Waals surface area contributed by atoms with E-state index in [9.17, 15) is 13.6 Å². The molecular formula is C21H21Cl2F2N5O2. The Morgan fingerprint density at radius 3 is 2.53 bits per heavy atom. The van der Waals surface area contributed by atoms with Crippen LogP contribution < -0.4 is 15.4 Å². The van der Waals surface area contributed by atoms with E-state index in [1.807, 2.05) is 0 Å². The second-order valence-electron chi connectivity index (χ2n) is 7.86. The number of benzene rings is 1. The zero-order chi connectivity index (χ0) is 22.8. The third-order valence-corrected chi connectivity index (χ3v) is 6.06. The maximum atomic E-state index is 13.0. The first-order valence-electron chi connectivity index (χ1n) is 10.2. The van der Waals surface area contributed by atoms with Gasteiger partial charge in [0.05, 0.1) is 32.3 Å². The van der Waals surface area contributed by atoms with Crippen LogP contribution in [0, 0.1) is 5.92 Å². The van der Waals surface area contributed by atoms with Crippen molar-refractivity contribution in [3.05, 3.63) is 40.1 Å². The fourth-order valence-electron chi connectivity index (χ4n) is 3.78. The minimum Gasteiger partial charge on any atom is -0.434 e. The van der Waals surface area contributed by atoms with Crippen LogP contribution in [0.5, 0.6) is 5.75 Å². The lowest BCUT2D eigenvalue weighted by molar-refractivity contribution is -0.0500. The smallest absolute Gasteiger partial charge is 0.387 e. The van der Waals surface area contributed by atoms with Crippen molar-refractivity contribution in [2.24, 2.45) is 5.92 Å². The highest BCUT2D eigenvalue weighted by Gasteiger charge is 2.24. The zero-order valence-corrected chi connectivity index (χ0v) is 18.6. The number of hydrogen-bond acceptors (Lipinski definition) is 5. The van der Waals surface area contributed by atoms with E-state index in [4.69, 9.17) is 23.2 Å². The topological polar surface area (TPSA) is 91.9 Å². The summed E-state index contributed by atoms with van der Waals surface area (Å²) in [4.78, 5) is 24.1. The fraction of sp³-hybridized carbons (Fsp3) is 0.381. The monoisotopic (exact) mass is 483 g/mol. The highest BCUT2D eigenvalue weighted by molar-refractivity contribution is 6.39. The average molecular weight is 484 g/mol. The van der Waals surface area contributed by atoms with Crippen molar-refractivity contribution in [2.45, 2.75) is 45.3 Å². The number of ether oxygens (including phenoxy) is 1. The molecule has 7 nitrogen and oxygen atoms in total. The van der Waals surface area contributed by atoms with Crippen LogP contribution in [-0.4, -0.2) is 33.5 Å². The Morgan fingerprint density at radius 2 is 1.88 bits per heavy atom. The Labute approximate surface area is 192 Å². The molecule has 1 aliphatic carbocycles. The van der Waals surface area contributed by atoms with Crippen LogP contribution in [0.4, 0.5) is 20.4 Å². The Balaban J connectivity index is 1.63. The highest BCUT2D eigenvalue weighted by atomic mass is 35.5. The summed E-state index contributed by atoms with van der Waals surface area (Å²) in [7, 11) is 0. The van der Waals surface area contributed by atoms with Gasteiger partial charge in [-0.05, 0) is 37.7 Å². The van der Waals surface area contributed by atoms with E-state index < -0.39 is 12.5 Å². The minimum absolute atomic E-state index is 0.00109. The lowest BCUT2D eigenvalue weighted by Gasteiger charge is -2.27. The molecule has 0 aliphatic heterocycles. The number of nitrogens with zero attached hydrogens (tertiary/aromatic N) is 2. The van der Waals surface area contributed by atoms with E-state index in [0.717, 1.165) is 25.7 Å². The Bertz CT molecular complexity index is 1110. The molecule has 0 spiro atoms. The van der Waals surface area contributed by atoms with Crippen LogP contribution in [0.15, 0.2) is 24.5 Å². The average Bonchev–Trinajstić information content (AvgIpc) is 3.13. The van der Waals surface area contributed by atoms with Crippen LogP contribution in [0.3, 0.4) is 0 Å². The standard InChI is InChI=1S/C21H21Cl2F2N5O2/c1-10-2-4-11(5-3-10)27-19(31)12-6-15-16(7-17(12)32-20(24)25)29-21(28-15)30-18-13(22)8-26-9-14(18)23/h6-11,20H,2-5H2,1H3,(H,27,31)(H2,26,28,29,30)/t10-,11-. The van der Waals surface area contributed by atoms with Gasteiger partial charge in [-0.15, -0.1) is 0 Å². The first kappa shape index (κ1) is 22.5. The number of rotatable bonds is 6. The molecule has 1 aliphatic rings. The third-order valence-electron chi connectivity index (χ3n) is 5.49. The number of halogens is 4. The Morgan fingerprint density at radius 1 is 1.19 bits per heavy atom. The first-order chi connectivity index (χ1) is 15.3. The zero-order valence-electron chi connectivity index (χ0n) is 17.1. The van der Waals surface area contributed by atoms with Crippen molar-refractivity contribution < 1.29 is 18.3 Å². The Hall–Kier alpha value is -2.65. The number of hydrogen-bond donors (Lipinski definition) is 3. The highest BCUT2D eigenvalue weighted by Crippen LogP contribution is 2.33. The predicted molar refractivity (Wildman–Crippen MR) is 119 cm³/mol. The number of nitrogens with one attached hydrogen (secondary N) is 3. The summed E-state index contributed by atoms with van der Waals surface area (Å²) in [5.74, 6) is 0.177. The number of carbonyl (C=O) groups is 1. The molecule has 32 heavy (non-hydrogen) atoms. The van der Waals surface area contributed by atoms with Crippen LogP contribution in [0.2, 0.25) is 10.0 Å². The van der Waals surface area contributed by atoms with Crippen LogP contribution in [0.1, 0.15) is 43.0 Å². The molecule has 1 aromatic carbocycles. The minimum atomic E-state index is -3.08. The summed E-state index contributed by atoms with van der Waals surface area (Å²) >= 11 is 12.2. The van der Waals surface area contributed by atoms with Gasteiger partial charge in [-0.2, -0.15) is 8.78 Å². The molecule has 3 aromatic rings. The van der Waals surface area contributed by atoms with Gasteiger partial charge < -0.3 is 20.4 Å². The number of aromatic nitrogens is 3. The number of H-pyrrole nitrogens is 1. The second-order valence-corrected chi connectivity index (χ2v) is 8.68. The molecule has 0 atom stereocenters. The van der Waals surface area contributed by atoms with Gasteiger partial charge in [0.25, 0.3) is 5.91 Å². The summed E-state index contributed by atoms with van der Waals surface area (Å²) in [5, 5.41) is 6.44. The largest absolute Gasteiger partial charge is 0.434 e. The van der Waals surface area contributed by atoms with Crippen LogP contribution in [0.25, 0.3) is 11.0 Å². The molecule has 1 amide bonds. The van der Waals surface area contributed by atoms with Crippen LogP contribution >= 0.6 is 23.2 Å². The summed E-state index contributed by atoms with van der Waals surface area (Å²) in [6.07, 6.45) is 6.56. The number of amides is 1. The molecule has 0 saturated heterocycles. The van der Waals surface area contributed by atoms with Gasteiger partial charge in [-0.3, -0.25) is 9.78 Å². The molecule has 11 heteroatoms. The van der Waals surface area contributed by atoms with Gasteiger partial charge in [0, 0.05) is 24.5 Å². The fourth-order valence-corrected chi connectivity index (χ4v) is 4.24. The number of anilines is 2. The van der Waals surface area contributed by atoms with Crippen molar-refractivity contribution >= 4 is 51.8 Å². The van der Waals surface area contributed by atoms with Crippen molar-refractivity contribution in [1.82, 2.24) is 20.3 Å². The van der Waals surface area contributed by atoms with Gasteiger partial charge in [0.1, 0.15) is 5.75 Å². The summed E-state index contributed by atoms with van der Waals surface area (Å²) < 4.78 is 30.7. The lowest BCUT2D eigenvalue weighted by Crippen LogP contribution is -2.37. The SMILES string of the molecule is C[C@H]1CC[C@H](NC(=O)c2cc3nc(Nc4c(Cl)cncc4Cl)[nH]c3cc2OC(F)F)CC1. The quantitative estimate of drug-likeness (QED) is 0.404. The summed E-state index contributed by atoms with van der Waals surface area (Å²) in [5.41, 5.74) is 1.16. The predicted octanol–water partition coefficient (Wildman–Crippen LogP) is 5.92. The summed E-state index contributed by atoms with van der Waals surface area (Å²) in [6, 6.07) is 2.75. The number of fused-ring (bicyclic) bond motifs is 1. The number of alkyl halides is 2. The molecule has 1 fully saturated rings. The van der Waals surface area contributed by atoms with E-state index >= 15 is 0 Å². The van der Waals surface area contributed by atoms with Gasteiger partial charge in [-0.25, -0.2) is 4.98 Å².